The lowest BCUT2D eigenvalue weighted by Crippen LogP contribution is -2.24. The van der Waals surface area contributed by atoms with E-state index in [9.17, 15) is 4.79 Å². The number of carbonyl (C=O) groups excluding carboxylic acids is 1. The molecule has 1 atom stereocenters. The Morgan fingerprint density at radius 2 is 0.944 bits per heavy atom. The lowest BCUT2D eigenvalue weighted by molar-refractivity contribution is 0.00914. The van der Waals surface area contributed by atoms with Crippen LogP contribution >= 0.6 is 0 Å². The summed E-state index contributed by atoms with van der Waals surface area (Å²) >= 11 is 0. The smallest absolute Gasteiger partial charge is 0.251 e. The summed E-state index contributed by atoms with van der Waals surface area (Å²) in [4.78, 5) is 11.0. The van der Waals surface area contributed by atoms with Crippen LogP contribution in [0.5, 0.6) is 11.5 Å². The van der Waals surface area contributed by atoms with Crippen LogP contribution in [-0.4, -0.2) is 12.2 Å². The molecule has 54 heavy (non-hydrogen) atoms. The van der Waals surface area contributed by atoms with Crippen LogP contribution in [-0.2, 0) is 6.54 Å². The third-order valence-electron chi connectivity index (χ3n) is 5.61. The van der Waals surface area contributed by atoms with E-state index in [1.54, 1.807) is 12.5 Å². The van der Waals surface area contributed by atoms with Crippen molar-refractivity contribution in [2.75, 3.05) is 0 Å². The largest absolute Gasteiger partial charge is 0.464 e. The van der Waals surface area contributed by atoms with Gasteiger partial charge in [0.25, 0.3) is 5.91 Å². The second-order valence-electron chi connectivity index (χ2n) is 17.1. The molecule has 2 aliphatic rings. The summed E-state index contributed by atoms with van der Waals surface area (Å²) in [6.45, 7) is 37.3. The van der Waals surface area contributed by atoms with E-state index in [2.05, 4.69) is 123 Å². The molecule has 6 nitrogen and oxygen atoms in total. The van der Waals surface area contributed by atoms with Gasteiger partial charge in [-0.2, -0.15) is 0 Å². The Morgan fingerprint density at radius 1 is 0.519 bits per heavy atom. The molecule has 4 heterocycles. The minimum atomic E-state index is -0.175. The summed E-state index contributed by atoms with van der Waals surface area (Å²) in [5, 5.41) is 4.95. The number of furan rings is 2. The Balaban J connectivity index is 0.000000640. The van der Waals surface area contributed by atoms with E-state index < -0.39 is 0 Å². The molecular weight excluding hydrogens is 671 g/mol. The first-order valence-corrected chi connectivity index (χ1v) is 19.9. The molecule has 0 saturated carbocycles. The molecule has 1 amide bonds. The van der Waals surface area contributed by atoms with Crippen LogP contribution in [0.4, 0.5) is 0 Å². The van der Waals surface area contributed by atoms with Crippen LogP contribution in [0.3, 0.4) is 0 Å². The van der Waals surface area contributed by atoms with E-state index >= 15 is 0 Å². The molecule has 0 spiro atoms. The fourth-order valence-electron chi connectivity index (χ4n) is 3.77. The van der Waals surface area contributed by atoms with Crippen molar-refractivity contribution in [3.8, 4) is 11.5 Å². The van der Waals surface area contributed by atoms with Gasteiger partial charge in [-0.05, 0) is 65.5 Å². The predicted octanol–water partition coefficient (Wildman–Crippen LogP) is 14.9. The second-order valence-corrected chi connectivity index (χ2v) is 17.1. The lowest BCUT2D eigenvalue weighted by atomic mass is 10.1. The zero-order valence-electron chi connectivity index (χ0n) is 36.9. The van der Waals surface area contributed by atoms with Crippen molar-refractivity contribution in [1.82, 2.24) is 5.32 Å². The van der Waals surface area contributed by atoms with Crippen molar-refractivity contribution in [1.29, 1.82) is 0 Å². The highest BCUT2D eigenvalue weighted by molar-refractivity contribution is 5.98. The summed E-state index contributed by atoms with van der Waals surface area (Å²) in [5.41, 5.74) is 3.72. The molecule has 1 unspecified atom stereocenters. The van der Waals surface area contributed by atoms with Crippen molar-refractivity contribution >= 4 is 27.8 Å². The van der Waals surface area contributed by atoms with Gasteiger partial charge in [0.1, 0.15) is 11.2 Å². The van der Waals surface area contributed by atoms with E-state index in [1.807, 2.05) is 72.8 Å². The monoisotopic (exact) mass is 746 g/mol. The molecule has 0 saturated heterocycles. The number of ether oxygens (including phenoxy) is 2. The Hall–Kier alpha value is -4.19. The Labute approximate surface area is 329 Å². The Kier molecular flexibility index (Phi) is 25.3. The van der Waals surface area contributed by atoms with Gasteiger partial charge in [-0.3, -0.25) is 4.79 Å². The standard InChI is InChI=1S/C12H12O3.C8H7NO.C8H6O.5C4H10/c1-7(2)12-14-10-5-8-3-4-13-9(8)6-11(10)15-12;10-8-7-4-2-1-3-6(7)5-9-8;1-2-4-8-7(3-1)5-6-9-8;5*1-4(2)3/h3-7,12H,1-2H3;1-4H,5H2,(H,9,10);1-6H;5*4H,1-3H3. The number of fused-ring (bicyclic) bond motifs is 4. The number of amides is 1. The minimum Gasteiger partial charge on any atom is -0.464 e. The van der Waals surface area contributed by atoms with Gasteiger partial charge < -0.3 is 23.6 Å². The van der Waals surface area contributed by atoms with Crippen molar-refractivity contribution in [3.05, 3.63) is 96.4 Å². The third-order valence-corrected chi connectivity index (χ3v) is 5.61. The zero-order valence-corrected chi connectivity index (χ0v) is 36.9. The first kappa shape index (κ1) is 49.8. The van der Waals surface area contributed by atoms with Crippen molar-refractivity contribution in [2.24, 2.45) is 35.5 Å². The van der Waals surface area contributed by atoms with Gasteiger partial charge in [0.2, 0.25) is 6.29 Å². The van der Waals surface area contributed by atoms with Crippen LogP contribution in [0.15, 0.2) is 94.2 Å². The molecule has 0 fully saturated rings. The number of carbonyl (C=O) groups is 1. The SMILES string of the molecule is CC(C)C.CC(C)C.CC(C)C.CC(C)C.CC(C)C.CC(C)C1Oc2cc3ccoc3cc2O1.O=C1NCc2ccccc21.c1ccc2occc2c1. The second kappa shape index (κ2) is 27.4. The van der Waals surface area contributed by atoms with Gasteiger partial charge in [-0.15, -0.1) is 0 Å². The maximum Gasteiger partial charge on any atom is 0.251 e. The quantitative estimate of drug-likeness (QED) is 0.185. The van der Waals surface area contributed by atoms with Crippen LogP contribution < -0.4 is 14.8 Å². The Bertz CT molecular complexity index is 1560. The fraction of sp³-hybridized carbons (Fsp3) is 0.521. The highest BCUT2D eigenvalue weighted by atomic mass is 16.7. The van der Waals surface area contributed by atoms with Crippen LogP contribution in [0.25, 0.3) is 21.9 Å². The molecule has 0 radical (unpaired) electrons. The Morgan fingerprint density at radius 3 is 1.43 bits per heavy atom. The van der Waals surface area contributed by atoms with Crippen LogP contribution in [0.1, 0.15) is 134 Å². The van der Waals surface area contributed by atoms with Gasteiger partial charge >= 0.3 is 0 Å². The molecule has 6 heteroatoms. The lowest BCUT2D eigenvalue weighted by Gasteiger charge is -2.12. The highest BCUT2D eigenvalue weighted by Crippen LogP contribution is 2.40. The topological polar surface area (TPSA) is 73.8 Å². The van der Waals surface area contributed by atoms with Gasteiger partial charge in [0.05, 0.1) is 12.5 Å². The normalized spacial score (nSPS) is 13.0. The fourth-order valence-corrected chi connectivity index (χ4v) is 3.77. The molecule has 7 rings (SSSR count). The van der Waals surface area contributed by atoms with Crippen molar-refractivity contribution in [2.45, 2.75) is 131 Å². The van der Waals surface area contributed by atoms with E-state index in [0.717, 1.165) is 74.2 Å². The van der Waals surface area contributed by atoms with E-state index in [-0.39, 0.29) is 12.2 Å². The van der Waals surface area contributed by atoms with Gasteiger partial charge in [-0.1, -0.05) is 154 Å². The first-order chi connectivity index (χ1) is 25.2. The third kappa shape index (κ3) is 23.5. The summed E-state index contributed by atoms with van der Waals surface area (Å²) in [7, 11) is 0. The summed E-state index contributed by atoms with van der Waals surface area (Å²) in [5.74, 6) is 6.14. The van der Waals surface area contributed by atoms with E-state index in [0.29, 0.717) is 12.5 Å². The molecule has 3 aromatic carbocycles. The van der Waals surface area contributed by atoms with E-state index in [4.69, 9.17) is 18.3 Å². The maximum atomic E-state index is 11.0. The minimum absolute atomic E-state index is 0.0515. The van der Waals surface area contributed by atoms with Crippen molar-refractivity contribution in [3.63, 3.8) is 0 Å². The van der Waals surface area contributed by atoms with Gasteiger partial charge in [0.15, 0.2) is 11.5 Å². The molecular formula is C48H75NO5. The number of rotatable bonds is 1. The zero-order chi connectivity index (χ0) is 41.4. The summed E-state index contributed by atoms with van der Waals surface area (Å²) in [6, 6.07) is 23.3. The van der Waals surface area contributed by atoms with Crippen molar-refractivity contribution < 1.29 is 23.1 Å². The number of hydrogen-bond acceptors (Lipinski definition) is 5. The number of para-hydroxylation sites is 1. The molecule has 2 aliphatic heterocycles. The van der Waals surface area contributed by atoms with Gasteiger partial charge in [0, 0.05) is 34.9 Å². The van der Waals surface area contributed by atoms with Gasteiger partial charge in [-0.25, -0.2) is 0 Å². The predicted molar refractivity (Wildman–Crippen MR) is 232 cm³/mol. The average Bonchev–Trinajstić information content (AvgIpc) is 3.86. The highest BCUT2D eigenvalue weighted by Gasteiger charge is 2.27. The average molecular weight is 746 g/mol. The summed E-state index contributed by atoms with van der Waals surface area (Å²) in [6.07, 6.45) is 3.19. The van der Waals surface area contributed by atoms with Crippen LogP contribution in [0.2, 0.25) is 0 Å². The molecule has 0 aliphatic carbocycles. The molecule has 302 valence electrons. The molecule has 2 aromatic heterocycles. The first-order valence-electron chi connectivity index (χ1n) is 19.9. The number of benzene rings is 3. The maximum absolute atomic E-state index is 11.0. The summed E-state index contributed by atoms with van der Waals surface area (Å²) < 4.78 is 21.8. The number of nitrogens with one attached hydrogen (secondary N) is 1. The van der Waals surface area contributed by atoms with Crippen LogP contribution in [0, 0.1) is 35.5 Å². The molecule has 0 bridgehead atoms. The van der Waals surface area contributed by atoms with E-state index in [1.165, 1.54) is 0 Å². The number of hydrogen-bond donors (Lipinski definition) is 1. The molecule has 5 aromatic rings. The molecule has 1 N–H and O–H groups in total.